The van der Waals surface area contributed by atoms with Crippen LogP contribution in [0.4, 0.5) is 5.82 Å². The van der Waals surface area contributed by atoms with Crippen molar-refractivity contribution in [2.75, 3.05) is 23.4 Å². The quantitative estimate of drug-likeness (QED) is 0.904. The van der Waals surface area contributed by atoms with Crippen molar-refractivity contribution in [1.29, 1.82) is 0 Å². The molecule has 2 aromatic heterocycles. The second-order valence-corrected chi connectivity index (χ2v) is 5.73. The first-order chi connectivity index (χ1) is 8.43. The zero-order chi connectivity index (χ0) is 11.5. The van der Waals surface area contributed by atoms with Gasteiger partial charge in [0.05, 0.1) is 0 Å². The SMILES string of the molecule is c1cc(NCC2CCSCC2)n2ccnc2c1. The summed E-state index contributed by atoms with van der Waals surface area (Å²) in [5.74, 6) is 4.62. The molecule has 0 spiro atoms. The molecule has 0 aliphatic carbocycles. The van der Waals surface area contributed by atoms with Gasteiger partial charge >= 0.3 is 0 Å². The largest absolute Gasteiger partial charge is 0.371 e. The molecule has 0 radical (unpaired) electrons. The Morgan fingerprint density at radius 2 is 2.24 bits per heavy atom. The number of pyridine rings is 1. The van der Waals surface area contributed by atoms with E-state index in [0.29, 0.717) is 0 Å². The van der Waals surface area contributed by atoms with Crippen LogP contribution >= 0.6 is 11.8 Å². The molecule has 0 atom stereocenters. The van der Waals surface area contributed by atoms with Gasteiger partial charge in [-0.2, -0.15) is 11.8 Å². The van der Waals surface area contributed by atoms with Gasteiger partial charge in [-0.1, -0.05) is 6.07 Å². The van der Waals surface area contributed by atoms with Crippen LogP contribution in [-0.4, -0.2) is 27.4 Å². The molecule has 0 saturated carbocycles. The Bertz CT molecular complexity index is 488. The van der Waals surface area contributed by atoms with Gasteiger partial charge in [0.2, 0.25) is 0 Å². The van der Waals surface area contributed by atoms with Crippen LogP contribution in [0, 0.1) is 5.92 Å². The van der Waals surface area contributed by atoms with Crippen LogP contribution in [0.2, 0.25) is 0 Å². The molecular weight excluding hydrogens is 230 g/mol. The molecule has 2 aromatic rings. The number of aromatic nitrogens is 2. The van der Waals surface area contributed by atoms with Crippen LogP contribution in [-0.2, 0) is 0 Å². The van der Waals surface area contributed by atoms with E-state index in [1.165, 1.54) is 24.3 Å². The van der Waals surface area contributed by atoms with E-state index in [0.717, 1.165) is 23.9 Å². The third-order valence-electron chi connectivity index (χ3n) is 3.34. The molecule has 3 rings (SSSR count). The number of fused-ring (bicyclic) bond motifs is 1. The van der Waals surface area contributed by atoms with Crippen LogP contribution in [0.5, 0.6) is 0 Å². The number of hydrogen-bond donors (Lipinski definition) is 1. The molecule has 3 heterocycles. The third-order valence-corrected chi connectivity index (χ3v) is 4.39. The normalized spacial score (nSPS) is 17.4. The lowest BCUT2D eigenvalue weighted by atomic mass is 10.0. The first kappa shape index (κ1) is 11.0. The molecule has 1 aliphatic heterocycles. The van der Waals surface area contributed by atoms with E-state index in [4.69, 9.17) is 0 Å². The highest BCUT2D eigenvalue weighted by molar-refractivity contribution is 7.99. The minimum Gasteiger partial charge on any atom is -0.371 e. The first-order valence-electron chi connectivity index (χ1n) is 6.17. The van der Waals surface area contributed by atoms with Crippen molar-refractivity contribution in [3.63, 3.8) is 0 Å². The Kier molecular flexibility index (Phi) is 3.22. The van der Waals surface area contributed by atoms with E-state index in [1.54, 1.807) is 0 Å². The van der Waals surface area contributed by atoms with Crippen LogP contribution in [0.15, 0.2) is 30.6 Å². The predicted molar refractivity (Wildman–Crippen MR) is 73.7 cm³/mol. The molecule has 0 unspecified atom stereocenters. The van der Waals surface area contributed by atoms with Crippen LogP contribution < -0.4 is 5.32 Å². The van der Waals surface area contributed by atoms with E-state index in [1.807, 2.05) is 18.5 Å². The molecule has 0 aromatic carbocycles. The standard InChI is InChI=1S/C13H17N3S/c1-2-12-14-6-7-16(12)13(3-1)15-10-11-4-8-17-9-5-11/h1-3,6-7,11,15H,4-5,8-10H2. The first-order valence-corrected chi connectivity index (χ1v) is 7.32. The fraction of sp³-hybridized carbons (Fsp3) is 0.462. The Balaban J connectivity index is 1.69. The summed E-state index contributed by atoms with van der Waals surface area (Å²) in [6, 6.07) is 6.20. The topological polar surface area (TPSA) is 29.3 Å². The van der Waals surface area contributed by atoms with Crippen molar-refractivity contribution in [3.8, 4) is 0 Å². The summed E-state index contributed by atoms with van der Waals surface area (Å²) in [7, 11) is 0. The second-order valence-electron chi connectivity index (χ2n) is 4.50. The third kappa shape index (κ3) is 2.41. The number of hydrogen-bond acceptors (Lipinski definition) is 3. The maximum Gasteiger partial charge on any atom is 0.138 e. The van der Waals surface area contributed by atoms with Crippen LogP contribution in [0.3, 0.4) is 0 Å². The van der Waals surface area contributed by atoms with E-state index >= 15 is 0 Å². The minimum atomic E-state index is 0.829. The molecule has 1 N–H and O–H groups in total. The predicted octanol–water partition coefficient (Wildman–Crippen LogP) is 2.89. The molecule has 17 heavy (non-hydrogen) atoms. The number of nitrogens with zero attached hydrogens (tertiary/aromatic N) is 2. The van der Waals surface area contributed by atoms with E-state index in [-0.39, 0.29) is 0 Å². The van der Waals surface area contributed by atoms with Crippen molar-refractivity contribution >= 4 is 23.2 Å². The lowest BCUT2D eigenvalue weighted by Crippen LogP contribution is -2.20. The summed E-state index contributed by atoms with van der Waals surface area (Å²) < 4.78 is 2.11. The van der Waals surface area contributed by atoms with E-state index < -0.39 is 0 Å². The maximum absolute atomic E-state index is 4.29. The van der Waals surface area contributed by atoms with Crippen molar-refractivity contribution in [3.05, 3.63) is 30.6 Å². The zero-order valence-electron chi connectivity index (χ0n) is 9.80. The monoisotopic (exact) mass is 247 g/mol. The average molecular weight is 247 g/mol. The molecule has 1 saturated heterocycles. The summed E-state index contributed by atoms with van der Waals surface area (Å²) in [4.78, 5) is 4.29. The molecular formula is C13H17N3S. The van der Waals surface area contributed by atoms with Gasteiger partial charge in [0.1, 0.15) is 11.5 Å². The van der Waals surface area contributed by atoms with Crippen molar-refractivity contribution < 1.29 is 0 Å². The van der Waals surface area contributed by atoms with Crippen LogP contribution in [0.25, 0.3) is 5.65 Å². The molecule has 1 aliphatic rings. The Labute approximate surface area is 106 Å². The number of nitrogens with one attached hydrogen (secondary N) is 1. The maximum atomic E-state index is 4.29. The van der Waals surface area contributed by atoms with Gasteiger partial charge in [-0.05, 0) is 42.4 Å². The molecule has 3 nitrogen and oxygen atoms in total. The fourth-order valence-corrected chi connectivity index (χ4v) is 3.50. The Hall–Kier alpha value is -1.16. The number of thioether (sulfide) groups is 1. The lowest BCUT2D eigenvalue weighted by molar-refractivity contribution is 0.515. The van der Waals surface area contributed by atoms with Gasteiger partial charge in [-0.3, -0.25) is 4.40 Å². The summed E-state index contributed by atoms with van der Waals surface area (Å²) in [6.07, 6.45) is 6.54. The summed E-state index contributed by atoms with van der Waals surface area (Å²) in [6.45, 7) is 1.08. The number of imidazole rings is 1. The van der Waals surface area contributed by atoms with E-state index in [9.17, 15) is 0 Å². The fourth-order valence-electron chi connectivity index (χ4n) is 2.29. The van der Waals surface area contributed by atoms with Crippen molar-refractivity contribution in [2.45, 2.75) is 12.8 Å². The summed E-state index contributed by atoms with van der Waals surface area (Å²) in [5.41, 5.74) is 1.01. The molecule has 4 heteroatoms. The van der Waals surface area contributed by atoms with Crippen molar-refractivity contribution in [1.82, 2.24) is 9.38 Å². The number of rotatable bonds is 3. The zero-order valence-corrected chi connectivity index (χ0v) is 10.6. The summed E-state index contributed by atoms with van der Waals surface area (Å²) in [5, 5.41) is 3.56. The molecule has 90 valence electrons. The smallest absolute Gasteiger partial charge is 0.138 e. The Morgan fingerprint density at radius 1 is 1.35 bits per heavy atom. The van der Waals surface area contributed by atoms with Gasteiger partial charge in [0.25, 0.3) is 0 Å². The molecule has 0 amide bonds. The average Bonchev–Trinajstić information content (AvgIpc) is 2.86. The highest BCUT2D eigenvalue weighted by atomic mass is 32.2. The van der Waals surface area contributed by atoms with Gasteiger partial charge in [0, 0.05) is 18.9 Å². The second kappa shape index (κ2) is 5.00. The summed E-state index contributed by atoms with van der Waals surface area (Å²) >= 11 is 2.08. The lowest BCUT2D eigenvalue weighted by Gasteiger charge is -2.22. The highest BCUT2D eigenvalue weighted by Crippen LogP contribution is 2.23. The molecule has 0 bridgehead atoms. The minimum absolute atomic E-state index is 0.829. The number of anilines is 1. The van der Waals surface area contributed by atoms with Crippen LogP contribution in [0.1, 0.15) is 12.8 Å². The molecule has 1 fully saturated rings. The Morgan fingerprint density at radius 3 is 3.12 bits per heavy atom. The van der Waals surface area contributed by atoms with Gasteiger partial charge in [0.15, 0.2) is 0 Å². The van der Waals surface area contributed by atoms with E-state index in [2.05, 4.69) is 38.6 Å². The van der Waals surface area contributed by atoms with Gasteiger partial charge < -0.3 is 5.32 Å². The van der Waals surface area contributed by atoms with Gasteiger partial charge in [-0.25, -0.2) is 4.98 Å². The van der Waals surface area contributed by atoms with Gasteiger partial charge in [-0.15, -0.1) is 0 Å². The highest BCUT2D eigenvalue weighted by Gasteiger charge is 2.13. The van der Waals surface area contributed by atoms with Crippen molar-refractivity contribution in [2.24, 2.45) is 5.92 Å².